The van der Waals surface area contributed by atoms with Gasteiger partial charge in [-0.05, 0) is 41.0 Å². The Morgan fingerprint density at radius 3 is 1.81 bits per heavy atom. The zero-order chi connectivity index (χ0) is 22.4. The number of amides is 1. The van der Waals surface area contributed by atoms with Crippen LogP contribution in [0.5, 0.6) is 0 Å². The Morgan fingerprint density at radius 1 is 0.719 bits per heavy atom. The molecule has 1 N–H and O–H groups in total. The lowest BCUT2D eigenvalue weighted by molar-refractivity contribution is 0.0275. The number of hydrogen-bond acceptors (Lipinski definition) is 2. The van der Waals surface area contributed by atoms with Gasteiger partial charge in [-0.25, -0.2) is 0 Å². The molecule has 0 aromatic heterocycles. The molecule has 0 radical (unpaired) electrons. The smallest absolute Gasteiger partial charge is 0.254 e. The van der Waals surface area contributed by atoms with Crippen LogP contribution >= 0.6 is 11.6 Å². The molecule has 0 saturated carbocycles. The van der Waals surface area contributed by atoms with Crippen LogP contribution in [0.4, 0.5) is 0 Å². The summed E-state index contributed by atoms with van der Waals surface area (Å²) in [6.07, 6.45) is 0. The highest BCUT2D eigenvalue weighted by Gasteiger charge is 2.35. The van der Waals surface area contributed by atoms with Gasteiger partial charge < -0.3 is 10.0 Å². The largest absolute Gasteiger partial charge is 0.379 e. The molecule has 1 amide bonds. The standard InChI is InChI=1S/C28H24ClNO2/c29-26-18-16-25(17-19-26)28(32,24-14-8-3-9-15-24)21-30(20-22-10-4-1-5-11-22)27(31)23-12-6-2-7-13-23/h1-19,32H,20-21H2. The number of benzene rings is 4. The number of carbonyl (C=O) groups is 1. The van der Waals surface area contributed by atoms with E-state index in [4.69, 9.17) is 11.6 Å². The minimum absolute atomic E-state index is 0.0846. The van der Waals surface area contributed by atoms with E-state index in [1.165, 1.54) is 0 Å². The van der Waals surface area contributed by atoms with Crippen molar-refractivity contribution in [3.05, 3.63) is 143 Å². The molecule has 1 unspecified atom stereocenters. The lowest BCUT2D eigenvalue weighted by Crippen LogP contribution is -2.44. The number of nitrogens with zero attached hydrogens (tertiary/aromatic N) is 1. The van der Waals surface area contributed by atoms with Crippen LogP contribution in [0.3, 0.4) is 0 Å². The first-order chi connectivity index (χ1) is 15.6. The summed E-state index contributed by atoms with van der Waals surface area (Å²) in [4.78, 5) is 15.2. The maximum Gasteiger partial charge on any atom is 0.254 e. The van der Waals surface area contributed by atoms with Gasteiger partial charge in [0.05, 0.1) is 6.54 Å². The average molecular weight is 442 g/mol. The van der Waals surface area contributed by atoms with E-state index in [0.717, 1.165) is 5.56 Å². The maximum atomic E-state index is 13.5. The highest BCUT2D eigenvalue weighted by atomic mass is 35.5. The second kappa shape index (κ2) is 9.82. The van der Waals surface area contributed by atoms with Crippen LogP contribution < -0.4 is 0 Å². The Labute approximate surface area is 193 Å². The van der Waals surface area contributed by atoms with E-state index in [2.05, 4.69) is 0 Å². The van der Waals surface area contributed by atoms with Crippen molar-refractivity contribution < 1.29 is 9.90 Å². The first kappa shape index (κ1) is 21.8. The maximum absolute atomic E-state index is 13.5. The van der Waals surface area contributed by atoms with E-state index >= 15 is 0 Å². The molecule has 160 valence electrons. The Morgan fingerprint density at radius 2 is 1.22 bits per heavy atom. The van der Waals surface area contributed by atoms with Crippen molar-refractivity contribution >= 4 is 17.5 Å². The van der Waals surface area contributed by atoms with Crippen LogP contribution in [0.1, 0.15) is 27.0 Å². The van der Waals surface area contributed by atoms with Gasteiger partial charge in [-0.3, -0.25) is 4.79 Å². The van der Waals surface area contributed by atoms with Crippen LogP contribution in [0.15, 0.2) is 115 Å². The lowest BCUT2D eigenvalue weighted by Gasteiger charge is -2.35. The number of aliphatic hydroxyl groups is 1. The van der Waals surface area contributed by atoms with Crippen molar-refractivity contribution in [2.75, 3.05) is 6.54 Å². The number of hydrogen-bond donors (Lipinski definition) is 1. The molecular weight excluding hydrogens is 418 g/mol. The summed E-state index contributed by atoms with van der Waals surface area (Å²) >= 11 is 6.11. The molecule has 0 saturated heterocycles. The Kier molecular flexibility index (Phi) is 6.69. The van der Waals surface area contributed by atoms with Gasteiger partial charge in [0.2, 0.25) is 0 Å². The van der Waals surface area contributed by atoms with Crippen LogP contribution in [0.2, 0.25) is 5.02 Å². The van der Waals surface area contributed by atoms with E-state index in [1.807, 2.05) is 91.0 Å². The number of halogens is 1. The molecule has 0 aliphatic carbocycles. The van der Waals surface area contributed by atoms with Crippen molar-refractivity contribution in [1.82, 2.24) is 4.90 Å². The molecule has 0 spiro atoms. The summed E-state index contributed by atoms with van der Waals surface area (Å²) in [6.45, 7) is 0.457. The van der Waals surface area contributed by atoms with Gasteiger partial charge >= 0.3 is 0 Å². The lowest BCUT2D eigenvalue weighted by atomic mass is 9.85. The molecule has 4 heteroatoms. The van der Waals surface area contributed by atoms with Gasteiger partial charge in [0, 0.05) is 17.1 Å². The fourth-order valence-electron chi connectivity index (χ4n) is 3.83. The molecular formula is C28H24ClNO2. The van der Waals surface area contributed by atoms with Crippen molar-refractivity contribution in [2.24, 2.45) is 0 Å². The van der Waals surface area contributed by atoms with Gasteiger partial charge in [-0.1, -0.05) is 103 Å². The molecule has 0 aliphatic heterocycles. The second-order valence-electron chi connectivity index (χ2n) is 7.75. The molecule has 0 aliphatic rings. The quantitative estimate of drug-likeness (QED) is 0.386. The van der Waals surface area contributed by atoms with E-state index < -0.39 is 5.60 Å². The highest BCUT2D eigenvalue weighted by molar-refractivity contribution is 6.30. The minimum atomic E-state index is -1.41. The zero-order valence-electron chi connectivity index (χ0n) is 17.6. The van der Waals surface area contributed by atoms with Crippen LogP contribution in [-0.4, -0.2) is 22.5 Å². The summed E-state index contributed by atoms with van der Waals surface area (Å²) in [7, 11) is 0. The summed E-state index contributed by atoms with van der Waals surface area (Å²) < 4.78 is 0. The first-order valence-corrected chi connectivity index (χ1v) is 10.9. The van der Waals surface area contributed by atoms with E-state index in [-0.39, 0.29) is 12.5 Å². The normalized spacial score (nSPS) is 12.7. The molecule has 4 aromatic rings. The number of carbonyl (C=O) groups excluding carboxylic acids is 1. The Hall–Kier alpha value is -3.40. The second-order valence-corrected chi connectivity index (χ2v) is 8.18. The predicted octanol–water partition coefficient (Wildman–Crippen LogP) is 5.92. The van der Waals surface area contributed by atoms with Gasteiger partial charge in [0.15, 0.2) is 0 Å². The fourth-order valence-corrected chi connectivity index (χ4v) is 3.96. The Bertz CT molecular complexity index is 1150. The third kappa shape index (κ3) is 4.91. The van der Waals surface area contributed by atoms with Gasteiger partial charge in [0.25, 0.3) is 5.91 Å². The van der Waals surface area contributed by atoms with E-state index in [9.17, 15) is 9.90 Å². The molecule has 4 aromatic carbocycles. The molecule has 4 rings (SSSR count). The van der Waals surface area contributed by atoms with Crippen molar-refractivity contribution in [1.29, 1.82) is 0 Å². The molecule has 0 bridgehead atoms. The highest BCUT2D eigenvalue weighted by Crippen LogP contribution is 2.32. The molecule has 0 fully saturated rings. The van der Waals surface area contributed by atoms with Gasteiger partial charge in [-0.15, -0.1) is 0 Å². The van der Waals surface area contributed by atoms with E-state index in [0.29, 0.717) is 28.3 Å². The monoisotopic (exact) mass is 441 g/mol. The van der Waals surface area contributed by atoms with Crippen molar-refractivity contribution in [3.8, 4) is 0 Å². The summed E-state index contributed by atoms with van der Waals surface area (Å²) in [5.74, 6) is -0.141. The molecule has 0 heterocycles. The SMILES string of the molecule is O=C(c1ccccc1)N(Cc1ccccc1)CC(O)(c1ccccc1)c1ccc(Cl)cc1. The topological polar surface area (TPSA) is 40.5 Å². The zero-order valence-corrected chi connectivity index (χ0v) is 18.3. The third-order valence-electron chi connectivity index (χ3n) is 5.52. The van der Waals surface area contributed by atoms with Crippen molar-refractivity contribution in [2.45, 2.75) is 12.1 Å². The minimum Gasteiger partial charge on any atom is -0.379 e. The molecule has 1 atom stereocenters. The van der Waals surface area contributed by atoms with Crippen LogP contribution in [0.25, 0.3) is 0 Å². The van der Waals surface area contributed by atoms with Crippen LogP contribution in [0, 0.1) is 0 Å². The summed E-state index contributed by atoms with van der Waals surface area (Å²) in [5.41, 5.74) is 1.54. The number of rotatable bonds is 7. The molecule has 32 heavy (non-hydrogen) atoms. The third-order valence-corrected chi connectivity index (χ3v) is 5.77. The average Bonchev–Trinajstić information content (AvgIpc) is 2.85. The molecule has 3 nitrogen and oxygen atoms in total. The summed E-state index contributed by atoms with van der Waals surface area (Å²) in [6, 6.07) is 35.5. The Balaban J connectivity index is 1.77. The fraction of sp³-hybridized carbons (Fsp3) is 0.107. The van der Waals surface area contributed by atoms with Gasteiger partial charge in [0.1, 0.15) is 5.60 Å². The summed E-state index contributed by atoms with van der Waals surface area (Å²) in [5, 5.41) is 12.6. The van der Waals surface area contributed by atoms with Crippen molar-refractivity contribution in [3.63, 3.8) is 0 Å². The van der Waals surface area contributed by atoms with Crippen LogP contribution in [-0.2, 0) is 12.1 Å². The predicted molar refractivity (Wildman–Crippen MR) is 129 cm³/mol. The first-order valence-electron chi connectivity index (χ1n) is 10.5. The van der Waals surface area contributed by atoms with Gasteiger partial charge in [-0.2, -0.15) is 0 Å². The van der Waals surface area contributed by atoms with E-state index in [1.54, 1.807) is 29.2 Å².